The van der Waals surface area contributed by atoms with E-state index in [4.69, 9.17) is 9.47 Å². The molecule has 1 amide bonds. The van der Waals surface area contributed by atoms with Crippen LogP contribution in [-0.2, 0) is 23.0 Å². The first-order chi connectivity index (χ1) is 15.4. The number of anilines is 1. The summed E-state index contributed by atoms with van der Waals surface area (Å²) in [6.45, 7) is 1.04. The van der Waals surface area contributed by atoms with E-state index in [-0.39, 0.29) is 16.6 Å². The van der Waals surface area contributed by atoms with E-state index in [2.05, 4.69) is 4.72 Å². The average molecular weight is 453 g/mol. The Morgan fingerprint density at radius 2 is 1.72 bits per heavy atom. The third kappa shape index (κ3) is 4.40. The Bertz CT molecular complexity index is 1240. The Balaban J connectivity index is 1.57. The fourth-order valence-corrected chi connectivity index (χ4v) is 4.97. The van der Waals surface area contributed by atoms with Crippen molar-refractivity contribution in [1.29, 1.82) is 0 Å². The van der Waals surface area contributed by atoms with Crippen molar-refractivity contribution in [3.63, 3.8) is 0 Å². The summed E-state index contributed by atoms with van der Waals surface area (Å²) in [5.41, 5.74) is 3.09. The zero-order valence-corrected chi connectivity index (χ0v) is 18.7. The molecule has 1 heterocycles. The number of carbonyl (C=O) groups excluding carboxylic acids is 1. The summed E-state index contributed by atoms with van der Waals surface area (Å²) >= 11 is 0. The number of carbonyl (C=O) groups is 1. The first-order valence-corrected chi connectivity index (χ1v) is 11.6. The molecule has 166 valence electrons. The lowest BCUT2D eigenvalue weighted by atomic mass is 9.98. The number of sulfonamides is 1. The van der Waals surface area contributed by atoms with E-state index in [1.54, 1.807) is 35.2 Å². The molecule has 8 heteroatoms. The number of fused-ring (bicyclic) bond motifs is 1. The highest BCUT2D eigenvalue weighted by Crippen LogP contribution is 2.31. The molecule has 3 aromatic rings. The van der Waals surface area contributed by atoms with E-state index < -0.39 is 10.0 Å². The maximum absolute atomic E-state index is 13.0. The number of hydrogen-bond donors (Lipinski definition) is 1. The predicted molar refractivity (Wildman–Crippen MR) is 122 cm³/mol. The highest BCUT2D eigenvalue weighted by Gasteiger charge is 2.24. The van der Waals surface area contributed by atoms with Crippen LogP contribution in [0.1, 0.15) is 21.5 Å². The summed E-state index contributed by atoms with van der Waals surface area (Å²) < 4.78 is 39.0. The first-order valence-electron chi connectivity index (χ1n) is 10.1. The number of benzene rings is 3. The lowest BCUT2D eigenvalue weighted by Crippen LogP contribution is -2.36. The molecule has 3 aromatic carbocycles. The summed E-state index contributed by atoms with van der Waals surface area (Å²) in [4.78, 5) is 14.6. The van der Waals surface area contributed by atoms with Crippen LogP contribution in [-0.4, -0.2) is 40.0 Å². The molecule has 0 atom stereocenters. The molecule has 0 radical (unpaired) electrons. The molecular weight excluding hydrogens is 428 g/mol. The summed E-state index contributed by atoms with van der Waals surface area (Å²) in [6, 6.07) is 19.1. The van der Waals surface area contributed by atoms with Gasteiger partial charge in [-0.15, -0.1) is 0 Å². The van der Waals surface area contributed by atoms with Crippen molar-refractivity contribution in [3.8, 4) is 11.5 Å². The van der Waals surface area contributed by atoms with Crippen LogP contribution < -0.4 is 14.2 Å². The van der Waals surface area contributed by atoms with E-state index in [9.17, 15) is 13.2 Å². The van der Waals surface area contributed by atoms with Crippen molar-refractivity contribution in [1.82, 2.24) is 4.90 Å². The Hall–Kier alpha value is -3.52. The van der Waals surface area contributed by atoms with Gasteiger partial charge in [0.05, 0.1) is 14.2 Å². The van der Waals surface area contributed by atoms with Crippen LogP contribution >= 0.6 is 0 Å². The number of hydrogen-bond acceptors (Lipinski definition) is 5. The topological polar surface area (TPSA) is 84.9 Å². The molecule has 1 N–H and O–H groups in total. The molecule has 1 aliphatic rings. The Labute approximate surface area is 187 Å². The summed E-state index contributed by atoms with van der Waals surface area (Å²) in [5.74, 6) is 0.650. The van der Waals surface area contributed by atoms with Crippen LogP contribution in [0.3, 0.4) is 0 Å². The molecule has 0 fully saturated rings. The van der Waals surface area contributed by atoms with Gasteiger partial charge >= 0.3 is 0 Å². The van der Waals surface area contributed by atoms with Crippen molar-refractivity contribution in [2.24, 2.45) is 0 Å². The predicted octanol–water partition coefficient (Wildman–Crippen LogP) is 3.70. The van der Waals surface area contributed by atoms with Gasteiger partial charge in [-0.3, -0.25) is 9.52 Å². The van der Waals surface area contributed by atoms with Crippen LogP contribution in [0.15, 0.2) is 71.6 Å². The fourth-order valence-electron chi connectivity index (χ4n) is 3.76. The maximum Gasteiger partial charge on any atom is 0.265 e. The van der Waals surface area contributed by atoms with Crippen LogP contribution in [0, 0.1) is 0 Å². The minimum atomic E-state index is -3.89. The number of rotatable bonds is 6. The monoisotopic (exact) mass is 452 g/mol. The zero-order valence-electron chi connectivity index (χ0n) is 17.9. The second-order valence-electron chi connectivity index (χ2n) is 7.45. The van der Waals surface area contributed by atoms with E-state index in [0.29, 0.717) is 36.5 Å². The molecule has 4 rings (SSSR count). The normalized spacial score (nSPS) is 13.2. The molecule has 1 aliphatic heterocycles. The molecular formula is C24H24N2O5S. The lowest BCUT2D eigenvalue weighted by molar-refractivity contribution is 0.0734. The molecule has 0 spiro atoms. The molecule has 0 aromatic heterocycles. The Morgan fingerprint density at radius 3 is 2.44 bits per heavy atom. The molecule has 0 unspecified atom stereocenters. The second kappa shape index (κ2) is 8.92. The first kappa shape index (κ1) is 21.7. The molecule has 0 saturated carbocycles. The largest absolute Gasteiger partial charge is 0.497 e. The van der Waals surface area contributed by atoms with E-state index in [0.717, 1.165) is 11.1 Å². The van der Waals surface area contributed by atoms with Crippen LogP contribution in [0.25, 0.3) is 0 Å². The highest BCUT2D eigenvalue weighted by molar-refractivity contribution is 7.92. The lowest BCUT2D eigenvalue weighted by Gasteiger charge is -2.29. The van der Waals surface area contributed by atoms with Gasteiger partial charge in [-0.25, -0.2) is 8.42 Å². The summed E-state index contributed by atoms with van der Waals surface area (Å²) in [6.07, 6.45) is 0.716. The van der Waals surface area contributed by atoms with Crippen LogP contribution in [0.5, 0.6) is 11.5 Å². The van der Waals surface area contributed by atoms with Crippen LogP contribution in [0.4, 0.5) is 5.69 Å². The van der Waals surface area contributed by atoms with Crippen LogP contribution in [0.2, 0.25) is 0 Å². The number of nitrogens with one attached hydrogen (secondary N) is 1. The van der Waals surface area contributed by atoms with Crippen molar-refractivity contribution in [2.45, 2.75) is 17.9 Å². The quantitative estimate of drug-likeness (QED) is 0.616. The fraction of sp³-hybridized carbons (Fsp3) is 0.208. The van der Waals surface area contributed by atoms with Gasteiger partial charge in [0.2, 0.25) is 0 Å². The van der Waals surface area contributed by atoms with Gasteiger partial charge in [0.1, 0.15) is 16.4 Å². The van der Waals surface area contributed by atoms with Gasteiger partial charge in [-0.1, -0.05) is 24.3 Å². The van der Waals surface area contributed by atoms with Crippen molar-refractivity contribution < 1.29 is 22.7 Å². The zero-order chi connectivity index (χ0) is 22.7. The van der Waals surface area contributed by atoms with Gasteiger partial charge in [-0.05, 0) is 53.9 Å². The third-order valence-corrected chi connectivity index (χ3v) is 6.86. The van der Waals surface area contributed by atoms with Gasteiger partial charge in [0, 0.05) is 30.4 Å². The minimum absolute atomic E-state index is 0.0133. The average Bonchev–Trinajstić information content (AvgIpc) is 2.82. The van der Waals surface area contributed by atoms with Gasteiger partial charge < -0.3 is 14.4 Å². The molecule has 32 heavy (non-hydrogen) atoms. The van der Waals surface area contributed by atoms with Gasteiger partial charge in [0.15, 0.2) is 0 Å². The van der Waals surface area contributed by atoms with Gasteiger partial charge in [-0.2, -0.15) is 0 Å². The van der Waals surface area contributed by atoms with E-state index in [1.165, 1.54) is 26.4 Å². The SMILES string of the molecule is COc1ccc(S(=O)(=O)Nc2ccc3c(c2)CN(C(=O)c2ccccc2)CC3)c(OC)c1. The van der Waals surface area contributed by atoms with Crippen molar-refractivity contribution in [3.05, 3.63) is 83.4 Å². The Kier molecular flexibility index (Phi) is 6.05. The van der Waals surface area contributed by atoms with E-state index in [1.807, 2.05) is 24.3 Å². The molecule has 0 saturated heterocycles. The van der Waals surface area contributed by atoms with Gasteiger partial charge in [0.25, 0.3) is 15.9 Å². The summed E-state index contributed by atoms with van der Waals surface area (Å²) in [5, 5.41) is 0. The molecule has 7 nitrogen and oxygen atoms in total. The minimum Gasteiger partial charge on any atom is -0.497 e. The standard InChI is InChI=1S/C24H24N2O5S/c1-30-21-10-11-23(22(15-21)31-2)32(28,29)25-20-9-8-17-12-13-26(16-19(17)14-20)24(27)18-6-4-3-5-7-18/h3-11,14-15,25H,12-13,16H2,1-2H3. The maximum atomic E-state index is 13.0. The smallest absolute Gasteiger partial charge is 0.265 e. The summed E-state index contributed by atoms with van der Waals surface area (Å²) in [7, 11) is -0.984. The van der Waals surface area contributed by atoms with Crippen molar-refractivity contribution >= 4 is 21.6 Å². The number of amides is 1. The number of nitrogens with zero attached hydrogens (tertiary/aromatic N) is 1. The number of methoxy groups -OCH3 is 2. The Morgan fingerprint density at radius 1 is 0.938 bits per heavy atom. The number of ether oxygens (including phenoxy) is 2. The third-order valence-electron chi connectivity index (χ3n) is 5.44. The second-order valence-corrected chi connectivity index (χ2v) is 9.10. The molecule has 0 bridgehead atoms. The van der Waals surface area contributed by atoms with E-state index >= 15 is 0 Å². The highest BCUT2D eigenvalue weighted by atomic mass is 32.2. The molecule has 0 aliphatic carbocycles. The van der Waals surface area contributed by atoms with Crippen molar-refractivity contribution in [2.75, 3.05) is 25.5 Å².